The second-order valence-corrected chi connectivity index (χ2v) is 7.07. The molecule has 0 aromatic heterocycles. The van der Waals surface area contributed by atoms with E-state index in [1.165, 1.54) is 22.3 Å². The van der Waals surface area contributed by atoms with Crippen LogP contribution in [-0.4, -0.2) is 37.5 Å². The van der Waals surface area contributed by atoms with Gasteiger partial charge >= 0.3 is 0 Å². The quantitative estimate of drug-likeness (QED) is 0.655. The van der Waals surface area contributed by atoms with Crippen LogP contribution in [0.25, 0.3) is 0 Å². The SMILES string of the molecule is C#CCN(C)CCNC(=O)CCCc1ccc(Cc2ccccc2C)cc1. The number of nitrogens with one attached hydrogen (secondary N) is 1. The van der Waals surface area contributed by atoms with E-state index in [9.17, 15) is 4.79 Å². The average Bonchev–Trinajstić information content (AvgIpc) is 2.65. The van der Waals surface area contributed by atoms with E-state index in [2.05, 4.69) is 66.7 Å². The van der Waals surface area contributed by atoms with Crippen LogP contribution in [0.2, 0.25) is 0 Å². The van der Waals surface area contributed by atoms with E-state index in [-0.39, 0.29) is 5.91 Å². The molecule has 0 atom stereocenters. The molecular weight excluding hydrogens is 332 g/mol. The summed E-state index contributed by atoms with van der Waals surface area (Å²) >= 11 is 0. The molecule has 2 aromatic rings. The van der Waals surface area contributed by atoms with E-state index in [1.54, 1.807) is 0 Å². The van der Waals surface area contributed by atoms with Gasteiger partial charge in [0.15, 0.2) is 0 Å². The first-order chi connectivity index (χ1) is 13.1. The molecule has 0 aliphatic rings. The minimum Gasteiger partial charge on any atom is -0.355 e. The zero-order valence-corrected chi connectivity index (χ0v) is 16.5. The minimum absolute atomic E-state index is 0.111. The topological polar surface area (TPSA) is 32.3 Å². The van der Waals surface area contributed by atoms with Gasteiger partial charge in [-0.05, 0) is 55.5 Å². The summed E-state index contributed by atoms with van der Waals surface area (Å²) in [4.78, 5) is 13.9. The molecule has 27 heavy (non-hydrogen) atoms. The molecule has 1 N–H and O–H groups in total. The van der Waals surface area contributed by atoms with E-state index in [0.717, 1.165) is 25.8 Å². The number of aryl methyl sites for hydroxylation is 2. The van der Waals surface area contributed by atoms with Crippen LogP contribution < -0.4 is 5.32 Å². The van der Waals surface area contributed by atoms with Crippen LogP contribution in [0.1, 0.15) is 35.1 Å². The molecule has 3 heteroatoms. The van der Waals surface area contributed by atoms with Gasteiger partial charge in [0, 0.05) is 19.5 Å². The maximum atomic E-state index is 11.9. The van der Waals surface area contributed by atoms with E-state index >= 15 is 0 Å². The van der Waals surface area contributed by atoms with Crippen LogP contribution in [0.3, 0.4) is 0 Å². The number of terminal acetylenes is 1. The first kappa shape index (κ1) is 20.7. The van der Waals surface area contributed by atoms with Gasteiger partial charge in [-0.1, -0.05) is 54.5 Å². The normalized spacial score (nSPS) is 10.6. The van der Waals surface area contributed by atoms with Gasteiger partial charge < -0.3 is 5.32 Å². The van der Waals surface area contributed by atoms with Crippen molar-refractivity contribution in [1.29, 1.82) is 0 Å². The Bertz CT molecular complexity index is 759. The first-order valence-electron chi connectivity index (χ1n) is 9.59. The van der Waals surface area contributed by atoms with Crippen molar-refractivity contribution in [1.82, 2.24) is 10.2 Å². The number of hydrogen-bond acceptors (Lipinski definition) is 2. The number of rotatable bonds is 10. The monoisotopic (exact) mass is 362 g/mol. The van der Waals surface area contributed by atoms with Crippen molar-refractivity contribution in [2.45, 2.75) is 32.6 Å². The summed E-state index contributed by atoms with van der Waals surface area (Å²) in [7, 11) is 1.95. The van der Waals surface area contributed by atoms with Crippen molar-refractivity contribution in [2.75, 3.05) is 26.7 Å². The fourth-order valence-corrected chi connectivity index (χ4v) is 3.01. The summed E-state index contributed by atoms with van der Waals surface area (Å²) in [6.45, 7) is 4.18. The summed E-state index contributed by atoms with van der Waals surface area (Å²) < 4.78 is 0. The van der Waals surface area contributed by atoms with Crippen LogP contribution in [0.4, 0.5) is 0 Å². The molecule has 0 aliphatic carbocycles. The van der Waals surface area contributed by atoms with Crippen molar-refractivity contribution < 1.29 is 4.79 Å². The zero-order valence-electron chi connectivity index (χ0n) is 16.5. The second-order valence-electron chi connectivity index (χ2n) is 7.07. The Morgan fingerprint density at radius 1 is 1.11 bits per heavy atom. The van der Waals surface area contributed by atoms with Crippen molar-refractivity contribution in [3.8, 4) is 12.3 Å². The molecule has 3 nitrogen and oxygen atoms in total. The summed E-state index contributed by atoms with van der Waals surface area (Å²) in [6, 6.07) is 17.3. The Morgan fingerprint density at radius 3 is 2.52 bits per heavy atom. The van der Waals surface area contributed by atoms with Crippen molar-refractivity contribution in [3.05, 3.63) is 70.8 Å². The van der Waals surface area contributed by atoms with E-state index < -0.39 is 0 Å². The van der Waals surface area contributed by atoms with Gasteiger partial charge in [-0.3, -0.25) is 9.69 Å². The molecule has 0 radical (unpaired) electrons. The summed E-state index contributed by atoms with van der Waals surface area (Å²) in [5.41, 5.74) is 5.31. The predicted octanol–water partition coefficient (Wildman–Crippen LogP) is 3.59. The maximum Gasteiger partial charge on any atom is 0.220 e. The largest absolute Gasteiger partial charge is 0.355 e. The number of amides is 1. The molecule has 2 aromatic carbocycles. The Hall–Kier alpha value is -2.57. The van der Waals surface area contributed by atoms with E-state index in [4.69, 9.17) is 6.42 Å². The van der Waals surface area contributed by atoms with E-state index in [0.29, 0.717) is 19.5 Å². The molecule has 1 amide bonds. The molecule has 0 unspecified atom stereocenters. The number of benzene rings is 2. The van der Waals surface area contributed by atoms with Crippen LogP contribution in [-0.2, 0) is 17.6 Å². The van der Waals surface area contributed by atoms with E-state index in [1.807, 2.05) is 11.9 Å². The molecule has 0 saturated heterocycles. The highest BCUT2D eigenvalue weighted by Crippen LogP contribution is 2.15. The number of nitrogens with zero attached hydrogens (tertiary/aromatic N) is 1. The minimum atomic E-state index is 0.111. The van der Waals surface area contributed by atoms with Crippen molar-refractivity contribution in [2.24, 2.45) is 0 Å². The van der Waals surface area contributed by atoms with Crippen LogP contribution in [0.15, 0.2) is 48.5 Å². The molecule has 0 heterocycles. The lowest BCUT2D eigenvalue weighted by atomic mass is 9.99. The number of carbonyl (C=O) groups is 1. The van der Waals surface area contributed by atoms with Gasteiger partial charge in [0.2, 0.25) is 5.91 Å². The van der Waals surface area contributed by atoms with Crippen LogP contribution >= 0.6 is 0 Å². The molecular formula is C24H30N2O. The molecule has 0 spiro atoms. The third-order valence-corrected chi connectivity index (χ3v) is 4.72. The summed E-state index contributed by atoms with van der Waals surface area (Å²) in [6.07, 6.45) is 8.57. The third-order valence-electron chi connectivity index (χ3n) is 4.72. The lowest BCUT2D eigenvalue weighted by molar-refractivity contribution is -0.121. The van der Waals surface area contributed by atoms with Gasteiger partial charge in [-0.2, -0.15) is 0 Å². The Balaban J connectivity index is 1.68. The fraction of sp³-hybridized carbons (Fsp3) is 0.375. The highest BCUT2D eigenvalue weighted by Gasteiger charge is 2.04. The van der Waals surface area contributed by atoms with Crippen molar-refractivity contribution in [3.63, 3.8) is 0 Å². The maximum absolute atomic E-state index is 11.9. The van der Waals surface area contributed by atoms with Crippen molar-refractivity contribution >= 4 is 5.91 Å². The summed E-state index contributed by atoms with van der Waals surface area (Å²) in [5, 5.41) is 2.95. The van der Waals surface area contributed by atoms with Gasteiger partial charge in [0.1, 0.15) is 0 Å². The Kier molecular flexibility index (Phi) is 8.61. The lowest BCUT2D eigenvalue weighted by Crippen LogP contribution is -2.33. The van der Waals surface area contributed by atoms with Crippen LogP contribution in [0.5, 0.6) is 0 Å². The highest BCUT2D eigenvalue weighted by molar-refractivity contribution is 5.75. The fourth-order valence-electron chi connectivity index (χ4n) is 3.01. The third kappa shape index (κ3) is 7.68. The predicted molar refractivity (Wildman–Crippen MR) is 113 cm³/mol. The van der Waals surface area contributed by atoms with Gasteiger partial charge in [-0.15, -0.1) is 6.42 Å². The van der Waals surface area contributed by atoms with Gasteiger partial charge in [0.25, 0.3) is 0 Å². The molecule has 142 valence electrons. The number of hydrogen-bond donors (Lipinski definition) is 1. The summed E-state index contributed by atoms with van der Waals surface area (Å²) in [5.74, 6) is 2.70. The lowest BCUT2D eigenvalue weighted by Gasteiger charge is -2.13. The smallest absolute Gasteiger partial charge is 0.220 e. The highest BCUT2D eigenvalue weighted by atomic mass is 16.1. The van der Waals surface area contributed by atoms with Crippen LogP contribution in [0, 0.1) is 19.3 Å². The molecule has 0 aliphatic heterocycles. The van der Waals surface area contributed by atoms with Gasteiger partial charge in [-0.25, -0.2) is 0 Å². The van der Waals surface area contributed by atoms with Gasteiger partial charge in [0.05, 0.1) is 6.54 Å². The Labute approximate surface area is 163 Å². The Morgan fingerprint density at radius 2 is 1.81 bits per heavy atom. The average molecular weight is 363 g/mol. The molecule has 0 bridgehead atoms. The molecule has 0 fully saturated rings. The second kappa shape index (κ2) is 11.2. The number of carbonyl (C=O) groups excluding carboxylic acids is 1. The first-order valence-corrected chi connectivity index (χ1v) is 9.59. The number of likely N-dealkylation sites (N-methyl/N-ethyl adjacent to an activating group) is 1. The zero-order chi connectivity index (χ0) is 19.5. The standard InChI is InChI=1S/C24H30N2O/c1-4-17-26(3)18-16-25-24(27)11-7-9-21-12-14-22(15-13-21)19-23-10-6-5-8-20(23)2/h1,5-6,8,10,12-15H,7,9,11,16-19H2,2-3H3,(H,25,27). The molecule has 2 rings (SSSR count). The molecule has 0 saturated carbocycles.